The third kappa shape index (κ3) is 2.85. The van der Waals surface area contributed by atoms with Crippen molar-refractivity contribution in [3.05, 3.63) is 58.7 Å². The minimum Gasteiger partial charge on any atom is -0.478 e. The summed E-state index contributed by atoms with van der Waals surface area (Å²) in [6, 6.07) is 12.0. The number of aromatic carboxylic acids is 1. The number of aromatic nitrogens is 2. The van der Waals surface area contributed by atoms with E-state index in [0.717, 1.165) is 35.4 Å². The molecule has 158 valence electrons. The van der Waals surface area contributed by atoms with Gasteiger partial charge in [0, 0.05) is 46.2 Å². The van der Waals surface area contributed by atoms with Gasteiger partial charge < -0.3 is 14.2 Å². The smallest absolute Gasteiger partial charge is 0.335 e. The van der Waals surface area contributed by atoms with E-state index in [1.165, 1.54) is 59.8 Å². The van der Waals surface area contributed by atoms with Crippen LogP contribution in [0.4, 0.5) is 0 Å². The van der Waals surface area contributed by atoms with Crippen LogP contribution in [0.1, 0.15) is 60.4 Å². The molecule has 0 amide bonds. The minimum absolute atomic E-state index is 0.356. The Bertz CT molecular complexity index is 1340. The Morgan fingerprint density at radius 2 is 1.81 bits per heavy atom. The van der Waals surface area contributed by atoms with Gasteiger partial charge in [-0.25, -0.2) is 4.79 Å². The maximum absolute atomic E-state index is 11.7. The topological polar surface area (TPSA) is 47.2 Å². The van der Waals surface area contributed by atoms with E-state index in [1.807, 2.05) is 18.2 Å². The third-order valence-corrected chi connectivity index (χ3v) is 7.60. The summed E-state index contributed by atoms with van der Waals surface area (Å²) in [5, 5.41) is 12.7. The normalized spacial score (nSPS) is 16.9. The molecule has 1 aliphatic heterocycles. The van der Waals surface area contributed by atoms with Crippen molar-refractivity contribution in [2.75, 3.05) is 0 Å². The van der Waals surface area contributed by atoms with Crippen molar-refractivity contribution in [3.63, 3.8) is 0 Å². The van der Waals surface area contributed by atoms with E-state index in [9.17, 15) is 9.90 Å². The van der Waals surface area contributed by atoms with Crippen LogP contribution in [0.25, 0.3) is 33.1 Å². The summed E-state index contributed by atoms with van der Waals surface area (Å²) in [6.07, 6.45) is 9.37. The molecule has 4 nitrogen and oxygen atoms in total. The lowest BCUT2D eigenvalue weighted by Crippen LogP contribution is -2.11. The molecule has 1 saturated carbocycles. The lowest BCUT2D eigenvalue weighted by atomic mass is 9.81. The van der Waals surface area contributed by atoms with Crippen molar-refractivity contribution < 1.29 is 9.90 Å². The van der Waals surface area contributed by atoms with Crippen LogP contribution in [0.5, 0.6) is 0 Å². The average Bonchev–Trinajstić information content (AvgIpc) is 3.33. The number of halogens is 1. The maximum atomic E-state index is 11.7. The van der Waals surface area contributed by atoms with Gasteiger partial charge in [0.05, 0.1) is 16.8 Å². The van der Waals surface area contributed by atoms with Gasteiger partial charge in [-0.3, -0.25) is 0 Å². The number of fused-ring (bicyclic) bond motifs is 4. The van der Waals surface area contributed by atoms with E-state index in [4.69, 9.17) is 11.6 Å². The Balaban J connectivity index is 1.74. The molecule has 6 rings (SSSR count). The highest BCUT2D eigenvalue weighted by molar-refractivity contribution is 6.36. The third-order valence-electron chi connectivity index (χ3n) is 7.27. The summed E-state index contributed by atoms with van der Waals surface area (Å²) < 4.78 is 4.73. The number of carboxylic acid groups (broad SMARTS) is 1. The van der Waals surface area contributed by atoms with Crippen LogP contribution < -0.4 is 0 Å². The van der Waals surface area contributed by atoms with Crippen LogP contribution in [0.15, 0.2) is 42.6 Å². The summed E-state index contributed by atoms with van der Waals surface area (Å²) in [6.45, 7) is 1.80. The molecular weight excluding hydrogens is 408 g/mol. The van der Waals surface area contributed by atoms with Crippen molar-refractivity contribution in [3.8, 4) is 11.3 Å². The van der Waals surface area contributed by atoms with Crippen molar-refractivity contribution >= 4 is 39.4 Å². The van der Waals surface area contributed by atoms with Crippen molar-refractivity contribution in [1.82, 2.24) is 9.13 Å². The highest BCUT2D eigenvalue weighted by Gasteiger charge is 2.29. The molecule has 0 bridgehead atoms. The standard InChI is InChI=1S/C26H25ClN2O2/c27-21-10-9-20-24-18(21)11-14-28(24)12-4-13-29-22-15-17(26(30)31)7-8-19(22)23(25(20)29)16-5-2-1-3-6-16/h7-11,14-16H,1-6,12-13H2,(H,30,31). The van der Waals surface area contributed by atoms with Gasteiger partial charge in [0.25, 0.3) is 0 Å². The van der Waals surface area contributed by atoms with Crippen molar-refractivity contribution in [2.24, 2.45) is 0 Å². The van der Waals surface area contributed by atoms with Gasteiger partial charge in [-0.2, -0.15) is 0 Å². The van der Waals surface area contributed by atoms with Gasteiger partial charge in [0.2, 0.25) is 0 Å². The van der Waals surface area contributed by atoms with Gasteiger partial charge in [-0.15, -0.1) is 0 Å². The summed E-state index contributed by atoms with van der Waals surface area (Å²) in [7, 11) is 0. The van der Waals surface area contributed by atoms with Gasteiger partial charge in [0.15, 0.2) is 0 Å². The molecule has 4 aromatic rings. The number of aryl methyl sites for hydroxylation is 2. The molecule has 31 heavy (non-hydrogen) atoms. The fourth-order valence-electron chi connectivity index (χ4n) is 5.90. The Morgan fingerprint density at radius 3 is 2.61 bits per heavy atom. The quantitative estimate of drug-likeness (QED) is 0.368. The van der Waals surface area contributed by atoms with Crippen LogP contribution in [-0.4, -0.2) is 20.2 Å². The number of carbonyl (C=O) groups is 1. The summed E-state index contributed by atoms with van der Waals surface area (Å²) in [5.74, 6) is -0.359. The first kappa shape index (κ1) is 19.0. The number of hydrogen-bond donors (Lipinski definition) is 1. The molecule has 1 N–H and O–H groups in total. The van der Waals surface area contributed by atoms with Gasteiger partial charge >= 0.3 is 5.97 Å². The maximum Gasteiger partial charge on any atom is 0.335 e. The van der Waals surface area contributed by atoms with E-state index >= 15 is 0 Å². The lowest BCUT2D eigenvalue weighted by Gasteiger charge is -2.25. The highest BCUT2D eigenvalue weighted by Crippen LogP contribution is 2.47. The molecule has 1 fully saturated rings. The molecule has 3 heterocycles. The van der Waals surface area contributed by atoms with Crippen LogP contribution in [0.3, 0.4) is 0 Å². The Kier molecular flexibility index (Phi) is 4.39. The van der Waals surface area contributed by atoms with E-state index in [0.29, 0.717) is 11.5 Å². The van der Waals surface area contributed by atoms with Gasteiger partial charge in [-0.1, -0.05) is 36.9 Å². The first-order valence-electron chi connectivity index (χ1n) is 11.3. The van der Waals surface area contributed by atoms with E-state index in [2.05, 4.69) is 27.5 Å². The van der Waals surface area contributed by atoms with E-state index in [-0.39, 0.29) is 0 Å². The highest BCUT2D eigenvalue weighted by atomic mass is 35.5. The summed E-state index contributed by atoms with van der Waals surface area (Å²) >= 11 is 6.58. The number of nitrogens with zero attached hydrogens (tertiary/aromatic N) is 2. The predicted molar refractivity (Wildman–Crippen MR) is 125 cm³/mol. The predicted octanol–water partition coefficient (Wildman–Crippen LogP) is 7.07. The lowest BCUT2D eigenvalue weighted by molar-refractivity contribution is 0.0697. The van der Waals surface area contributed by atoms with Gasteiger partial charge in [0.1, 0.15) is 0 Å². The zero-order valence-electron chi connectivity index (χ0n) is 17.4. The fourth-order valence-corrected chi connectivity index (χ4v) is 6.12. The molecular formula is C26H25ClN2O2. The van der Waals surface area contributed by atoms with Crippen LogP contribution in [0.2, 0.25) is 5.02 Å². The van der Waals surface area contributed by atoms with Gasteiger partial charge in [-0.05, 0) is 61.1 Å². The molecule has 2 aromatic carbocycles. The molecule has 2 aromatic heterocycles. The molecule has 0 spiro atoms. The molecule has 0 atom stereocenters. The zero-order chi connectivity index (χ0) is 21.1. The zero-order valence-corrected chi connectivity index (χ0v) is 18.2. The summed E-state index contributed by atoms with van der Waals surface area (Å²) in [4.78, 5) is 11.7. The molecule has 0 radical (unpaired) electrons. The monoisotopic (exact) mass is 432 g/mol. The van der Waals surface area contributed by atoms with Crippen LogP contribution >= 0.6 is 11.6 Å². The fraction of sp³-hybridized carbons (Fsp3) is 0.346. The minimum atomic E-state index is -0.870. The van der Waals surface area contributed by atoms with Crippen molar-refractivity contribution in [1.29, 1.82) is 0 Å². The second kappa shape index (κ2) is 7.16. The number of rotatable bonds is 2. The number of hydrogen-bond acceptors (Lipinski definition) is 1. The molecule has 0 unspecified atom stereocenters. The van der Waals surface area contributed by atoms with E-state index in [1.54, 1.807) is 6.07 Å². The second-order valence-electron chi connectivity index (χ2n) is 9.01. The Hall–Kier alpha value is -2.72. The van der Waals surface area contributed by atoms with Crippen molar-refractivity contribution in [2.45, 2.75) is 57.5 Å². The largest absolute Gasteiger partial charge is 0.478 e. The number of benzene rings is 2. The summed E-state index contributed by atoms with van der Waals surface area (Å²) in [5.41, 5.74) is 6.51. The SMILES string of the molecule is O=C(O)c1ccc2c(C3CCCCC3)c3n(c2c1)CCCn1ccc2c(Cl)ccc-3c21. The second-order valence-corrected chi connectivity index (χ2v) is 9.41. The molecule has 1 aliphatic carbocycles. The first-order valence-corrected chi connectivity index (χ1v) is 11.7. The first-order chi connectivity index (χ1) is 15.1. The molecule has 0 saturated heterocycles. The molecule has 5 heteroatoms. The molecule has 2 aliphatic rings. The Morgan fingerprint density at radius 1 is 0.968 bits per heavy atom. The number of carboxylic acids is 1. The Labute approximate surface area is 186 Å². The van der Waals surface area contributed by atoms with E-state index < -0.39 is 5.97 Å². The van der Waals surface area contributed by atoms with Crippen LogP contribution in [-0.2, 0) is 13.1 Å². The van der Waals surface area contributed by atoms with Crippen LogP contribution in [0, 0.1) is 0 Å². The average molecular weight is 433 g/mol.